The van der Waals surface area contributed by atoms with Gasteiger partial charge in [0.2, 0.25) is 5.91 Å². The highest BCUT2D eigenvalue weighted by Crippen LogP contribution is 2.31. The van der Waals surface area contributed by atoms with Gasteiger partial charge in [-0.1, -0.05) is 37.5 Å². The maximum Gasteiger partial charge on any atom is 0.223 e. The van der Waals surface area contributed by atoms with Crippen LogP contribution in [-0.2, 0) is 4.79 Å². The molecule has 0 unspecified atom stereocenters. The van der Waals surface area contributed by atoms with Crippen LogP contribution in [0.3, 0.4) is 0 Å². The monoisotopic (exact) mass is 316 g/mol. The topological polar surface area (TPSA) is 44.9 Å². The van der Waals surface area contributed by atoms with Crippen molar-refractivity contribution in [2.75, 3.05) is 12.3 Å². The average molecular weight is 316 g/mol. The molecular formula is C18H24N2OS. The van der Waals surface area contributed by atoms with Crippen LogP contribution in [-0.4, -0.2) is 23.2 Å². The Morgan fingerprint density at radius 3 is 2.86 bits per heavy atom. The first kappa shape index (κ1) is 15.5. The number of fused-ring (bicyclic) bond motifs is 1. The number of hydrogen-bond acceptors (Lipinski definition) is 2. The Balaban J connectivity index is 1.50. The van der Waals surface area contributed by atoms with Crippen molar-refractivity contribution in [3.05, 3.63) is 30.0 Å². The molecule has 0 spiro atoms. The van der Waals surface area contributed by atoms with E-state index in [4.69, 9.17) is 0 Å². The van der Waals surface area contributed by atoms with Crippen molar-refractivity contribution < 1.29 is 4.79 Å². The summed E-state index contributed by atoms with van der Waals surface area (Å²) < 4.78 is 0. The number of hydrogen-bond donors (Lipinski definition) is 2. The van der Waals surface area contributed by atoms with Crippen LogP contribution < -0.4 is 5.32 Å². The molecule has 22 heavy (non-hydrogen) atoms. The molecule has 3 nitrogen and oxygen atoms in total. The molecule has 2 aromatic rings. The van der Waals surface area contributed by atoms with E-state index in [-0.39, 0.29) is 11.8 Å². The Morgan fingerprint density at radius 2 is 2.05 bits per heavy atom. The van der Waals surface area contributed by atoms with E-state index in [1.54, 1.807) is 0 Å². The number of aromatic nitrogens is 1. The van der Waals surface area contributed by atoms with Gasteiger partial charge in [0.05, 0.1) is 0 Å². The third-order valence-electron chi connectivity index (χ3n) is 4.46. The lowest BCUT2D eigenvalue weighted by Crippen LogP contribution is -2.33. The largest absolute Gasteiger partial charge is 0.358 e. The number of H-pyrrole nitrogens is 1. The molecule has 0 bridgehead atoms. The molecule has 1 aliphatic carbocycles. The van der Waals surface area contributed by atoms with Gasteiger partial charge in [-0.25, -0.2) is 0 Å². The van der Waals surface area contributed by atoms with Crippen LogP contribution in [0, 0.1) is 12.8 Å². The lowest BCUT2D eigenvalue weighted by Gasteiger charge is -2.20. The van der Waals surface area contributed by atoms with Crippen LogP contribution in [0.4, 0.5) is 0 Å². The molecule has 0 atom stereocenters. The van der Waals surface area contributed by atoms with Crippen molar-refractivity contribution in [1.82, 2.24) is 10.3 Å². The smallest absolute Gasteiger partial charge is 0.223 e. The second-order valence-corrected chi connectivity index (χ2v) is 7.20. The van der Waals surface area contributed by atoms with Gasteiger partial charge >= 0.3 is 0 Å². The zero-order valence-electron chi connectivity index (χ0n) is 13.2. The Morgan fingerprint density at radius 1 is 1.27 bits per heavy atom. The summed E-state index contributed by atoms with van der Waals surface area (Å²) in [6, 6.07) is 8.39. The number of carbonyl (C=O) groups is 1. The molecule has 3 rings (SSSR count). The zero-order chi connectivity index (χ0) is 15.4. The summed E-state index contributed by atoms with van der Waals surface area (Å²) in [6.45, 7) is 2.86. The van der Waals surface area contributed by atoms with E-state index in [9.17, 15) is 4.79 Å². The number of benzene rings is 1. The number of thioether (sulfide) groups is 1. The molecule has 0 radical (unpaired) electrons. The van der Waals surface area contributed by atoms with E-state index >= 15 is 0 Å². The van der Waals surface area contributed by atoms with Crippen LogP contribution in [0.2, 0.25) is 0 Å². The van der Waals surface area contributed by atoms with Gasteiger partial charge in [0, 0.05) is 39.7 Å². The van der Waals surface area contributed by atoms with Gasteiger partial charge in [0.1, 0.15) is 0 Å². The molecule has 1 aromatic heterocycles. The Kier molecular flexibility index (Phi) is 5.08. The number of carbonyl (C=O) groups excluding carboxylic acids is 1. The third kappa shape index (κ3) is 3.49. The Hall–Kier alpha value is -1.42. The lowest BCUT2D eigenvalue weighted by atomic mass is 9.89. The van der Waals surface area contributed by atoms with Crippen molar-refractivity contribution in [3.63, 3.8) is 0 Å². The summed E-state index contributed by atoms with van der Waals surface area (Å²) in [4.78, 5) is 16.8. The van der Waals surface area contributed by atoms with Crippen LogP contribution >= 0.6 is 11.8 Å². The molecule has 1 fully saturated rings. The number of amides is 1. The van der Waals surface area contributed by atoms with E-state index in [0.717, 1.165) is 25.1 Å². The first-order valence-corrected chi connectivity index (χ1v) is 9.22. The minimum atomic E-state index is 0.258. The molecule has 1 heterocycles. The van der Waals surface area contributed by atoms with Gasteiger partial charge in [0.15, 0.2) is 0 Å². The van der Waals surface area contributed by atoms with Gasteiger partial charge in [-0.05, 0) is 25.8 Å². The maximum atomic E-state index is 12.1. The summed E-state index contributed by atoms with van der Waals surface area (Å²) in [5, 5.41) is 4.39. The summed E-state index contributed by atoms with van der Waals surface area (Å²) in [5.41, 5.74) is 2.40. The SMILES string of the molecule is Cc1[nH]c2ccccc2c1SCCNC(=O)C1CCCCC1. The number of para-hydroxylation sites is 1. The van der Waals surface area contributed by atoms with Gasteiger partial charge in [-0.2, -0.15) is 0 Å². The number of rotatable bonds is 5. The second kappa shape index (κ2) is 7.23. The lowest BCUT2D eigenvalue weighted by molar-refractivity contribution is -0.125. The summed E-state index contributed by atoms with van der Waals surface area (Å²) in [5.74, 6) is 1.44. The minimum Gasteiger partial charge on any atom is -0.358 e. The van der Waals surface area contributed by atoms with Crippen molar-refractivity contribution >= 4 is 28.6 Å². The molecule has 1 aromatic carbocycles. The zero-order valence-corrected chi connectivity index (χ0v) is 14.0. The van der Waals surface area contributed by atoms with Crippen LogP contribution in [0.15, 0.2) is 29.2 Å². The average Bonchev–Trinajstić information content (AvgIpc) is 2.88. The Labute approximate surface area is 136 Å². The highest BCUT2D eigenvalue weighted by Gasteiger charge is 2.20. The molecular weight excluding hydrogens is 292 g/mol. The highest BCUT2D eigenvalue weighted by atomic mass is 32.2. The normalized spacial score (nSPS) is 16.0. The van der Waals surface area contributed by atoms with E-state index in [1.807, 2.05) is 11.8 Å². The molecule has 118 valence electrons. The van der Waals surface area contributed by atoms with E-state index in [0.29, 0.717) is 0 Å². The van der Waals surface area contributed by atoms with Crippen molar-refractivity contribution in [3.8, 4) is 0 Å². The fourth-order valence-corrected chi connectivity index (χ4v) is 4.28. The summed E-state index contributed by atoms with van der Waals surface area (Å²) in [6.07, 6.45) is 5.85. The van der Waals surface area contributed by atoms with Gasteiger partial charge in [0.25, 0.3) is 0 Å². The predicted octanol–water partition coefficient (Wildman–Crippen LogP) is 4.26. The quantitative estimate of drug-likeness (QED) is 0.639. The molecule has 1 aliphatic rings. The molecule has 1 amide bonds. The van der Waals surface area contributed by atoms with Crippen molar-refractivity contribution in [2.45, 2.75) is 43.9 Å². The van der Waals surface area contributed by atoms with Crippen molar-refractivity contribution in [1.29, 1.82) is 0 Å². The van der Waals surface area contributed by atoms with E-state index in [1.165, 1.54) is 40.8 Å². The fraction of sp³-hybridized carbons (Fsp3) is 0.500. The van der Waals surface area contributed by atoms with E-state index < -0.39 is 0 Å². The number of aromatic amines is 1. The summed E-state index contributed by atoms with van der Waals surface area (Å²) >= 11 is 1.83. The molecule has 2 N–H and O–H groups in total. The number of nitrogens with one attached hydrogen (secondary N) is 2. The third-order valence-corrected chi connectivity index (χ3v) is 5.68. The standard InChI is InChI=1S/C18H24N2OS/c1-13-17(15-9-5-6-10-16(15)20-13)22-12-11-19-18(21)14-7-3-2-4-8-14/h5-6,9-10,14,20H,2-4,7-8,11-12H2,1H3,(H,19,21). The maximum absolute atomic E-state index is 12.1. The second-order valence-electron chi connectivity index (χ2n) is 6.10. The van der Waals surface area contributed by atoms with Gasteiger partial charge in [-0.15, -0.1) is 11.8 Å². The minimum absolute atomic E-state index is 0.258. The first-order valence-electron chi connectivity index (χ1n) is 8.23. The van der Waals surface area contributed by atoms with Crippen LogP contribution in [0.25, 0.3) is 10.9 Å². The van der Waals surface area contributed by atoms with E-state index in [2.05, 4.69) is 41.5 Å². The Bertz CT molecular complexity index is 644. The van der Waals surface area contributed by atoms with Crippen LogP contribution in [0.1, 0.15) is 37.8 Å². The van der Waals surface area contributed by atoms with Gasteiger partial charge in [-0.3, -0.25) is 4.79 Å². The van der Waals surface area contributed by atoms with Gasteiger partial charge < -0.3 is 10.3 Å². The predicted molar refractivity (Wildman–Crippen MR) is 93.3 cm³/mol. The van der Waals surface area contributed by atoms with Crippen molar-refractivity contribution in [2.24, 2.45) is 5.92 Å². The summed E-state index contributed by atoms with van der Waals surface area (Å²) in [7, 11) is 0. The molecule has 4 heteroatoms. The first-order chi connectivity index (χ1) is 10.8. The molecule has 0 saturated heterocycles. The number of aryl methyl sites for hydroxylation is 1. The fourth-order valence-electron chi connectivity index (χ4n) is 3.27. The van der Waals surface area contributed by atoms with Crippen LogP contribution in [0.5, 0.6) is 0 Å². The molecule has 0 aliphatic heterocycles. The molecule has 1 saturated carbocycles. The highest BCUT2D eigenvalue weighted by molar-refractivity contribution is 7.99.